The van der Waals surface area contributed by atoms with Crippen LogP contribution in [0.25, 0.3) is 10.2 Å². The number of fused-ring (bicyclic) bond motifs is 3. The predicted molar refractivity (Wildman–Crippen MR) is 109 cm³/mol. The Kier molecular flexibility index (Phi) is 5.21. The molecule has 2 N–H and O–H groups in total. The summed E-state index contributed by atoms with van der Waals surface area (Å²) < 4.78 is 1.27. The number of imide groups is 1. The molecule has 4 rings (SSSR count). The summed E-state index contributed by atoms with van der Waals surface area (Å²) in [6.07, 6.45) is 6.60. The highest BCUT2D eigenvalue weighted by Crippen LogP contribution is 2.32. The van der Waals surface area contributed by atoms with E-state index in [0.29, 0.717) is 11.1 Å². The van der Waals surface area contributed by atoms with Crippen LogP contribution < -0.4 is 16.2 Å². The Morgan fingerprint density at radius 1 is 1.11 bits per heavy atom. The number of carbonyl (C=O) groups is 2. The standard InChI is InChI=1S/C20H20N4O3S/c25-16(23-20(27)22-13-7-3-1-4-8-13)11-24-12-21-18-17(19(24)26)14-9-5-2-6-10-15(14)28-18/h1,3-4,7-8,12H,2,5-6,9-11H2,(H2,22,23,25,27). The van der Waals surface area contributed by atoms with Gasteiger partial charge < -0.3 is 5.32 Å². The van der Waals surface area contributed by atoms with Crippen LogP contribution in [0, 0.1) is 0 Å². The zero-order valence-corrected chi connectivity index (χ0v) is 16.1. The molecule has 0 fully saturated rings. The van der Waals surface area contributed by atoms with Crippen LogP contribution in [0.4, 0.5) is 10.5 Å². The maximum absolute atomic E-state index is 12.9. The number of aryl methyl sites for hydroxylation is 2. The molecule has 2 heterocycles. The Balaban J connectivity index is 1.50. The van der Waals surface area contributed by atoms with Gasteiger partial charge in [-0.3, -0.25) is 19.5 Å². The first-order valence-corrected chi connectivity index (χ1v) is 10.1. The van der Waals surface area contributed by atoms with Gasteiger partial charge in [0.2, 0.25) is 5.91 Å². The van der Waals surface area contributed by atoms with Gasteiger partial charge in [-0.1, -0.05) is 24.6 Å². The minimum atomic E-state index is -0.636. The lowest BCUT2D eigenvalue weighted by molar-refractivity contribution is -0.120. The van der Waals surface area contributed by atoms with E-state index in [4.69, 9.17) is 0 Å². The third-order valence-electron chi connectivity index (χ3n) is 4.79. The molecule has 8 heteroatoms. The monoisotopic (exact) mass is 396 g/mol. The fraction of sp³-hybridized carbons (Fsp3) is 0.300. The van der Waals surface area contributed by atoms with Crippen molar-refractivity contribution >= 4 is 39.2 Å². The Labute approximate surface area is 165 Å². The number of para-hydroxylation sites is 1. The molecule has 3 aromatic rings. The smallest absolute Gasteiger partial charge is 0.308 e. The second-order valence-corrected chi connectivity index (χ2v) is 7.87. The van der Waals surface area contributed by atoms with Crippen molar-refractivity contribution in [3.8, 4) is 0 Å². The highest BCUT2D eigenvalue weighted by atomic mass is 32.1. The van der Waals surface area contributed by atoms with E-state index in [1.807, 2.05) is 6.07 Å². The van der Waals surface area contributed by atoms with Crippen molar-refractivity contribution < 1.29 is 9.59 Å². The molecular weight excluding hydrogens is 376 g/mol. The van der Waals surface area contributed by atoms with Crippen molar-refractivity contribution in [2.24, 2.45) is 0 Å². The molecule has 0 saturated heterocycles. The molecule has 7 nitrogen and oxygen atoms in total. The molecule has 144 valence electrons. The number of nitrogens with zero attached hydrogens (tertiary/aromatic N) is 2. The quantitative estimate of drug-likeness (QED) is 0.666. The summed E-state index contributed by atoms with van der Waals surface area (Å²) in [5.74, 6) is -0.571. The number of amides is 3. The van der Waals surface area contributed by atoms with E-state index in [1.165, 1.54) is 15.8 Å². The summed E-state index contributed by atoms with van der Waals surface area (Å²) in [5, 5.41) is 5.45. The topological polar surface area (TPSA) is 93.1 Å². The van der Waals surface area contributed by atoms with E-state index in [9.17, 15) is 14.4 Å². The van der Waals surface area contributed by atoms with Crippen LogP contribution in [0.1, 0.15) is 29.7 Å². The van der Waals surface area contributed by atoms with Crippen LogP contribution in [-0.4, -0.2) is 21.5 Å². The number of aromatic nitrogens is 2. The second kappa shape index (κ2) is 7.93. The zero-order chi connectivity index (χ0) is 19.5. The van der Waals surface area contributed by atoms with Crippen LogP contribution in [0.15, 0.2) is 41.5 Å². The van der Waals surface area contributed by atoms with Gasteiger partial charge in [0.25, 0.3) is 5.56 Å². The molecule has 0 aliphatic heterocycles. The molecule has 0 saturated carbocycles. The van der Waals surface area contributed by atoms with Crippen molar-refractivity contribution in [3.05, 3.63) is 57.5 Å². The van der Waals surface area contributed by atoms with Crippen LogP contribution >= 0.6 is 11.3 Å². The number of benzene rings is 1. The van der Waals surface area contributed by atoms with E-state index in [-0.39, 0.29) is 12.1 Å². The lowest BCUT2D eigenvalue weighted by Gasteiger charge is -2.08. The Morgan fingerprint density at radius 3 is 2.71 bits per heavy atom. The molecule has 1 aliphatic carbocycles. The van der Waals surface area contributed by atoms with Crippen molar-refractivity contribution in [1.82, 2.24) is 14.9 Å². The molecule has 3 amide bonds. The molecule has 28 heavy (non-hydrogen) atoms. The predicted octanol–water partition coefficient (Wildman–Crippen LogP) is 3.08. The van der Waals surface area contributed by atoms with E-state index in [2.05, 4.69) is 15.6 Å². The highest BCUT2D eigenvalue weighted by molar-refractivity contribution is 7.18. The van der Waals surface area contributed by atoms with Crippen molar-refractivity contribution in [2.75, 3.05) is 5.32 Å². The lowest BCUT2D eigenvalue weighted by Crippen LogP contribution is -2.38. The second-order valence-electron chi connectivity index (χ2n) is 6.79. The molecule has 0 unspecified atom stereocenters. The molecule has 1 aromatic carbocycles. The zero-order valence-electron chi connectivity index (χ0n) is 15.2. The normalized spacial score (nSPS) is 13.6. The summed E-state index contributed by atoms with van der Waals surface area (Å²) in [6.45, 7) is -0.255. The highest BCUT2D eigenvalue weighted by Gasteiger charge is 2.20. The Hall–Kier alpha value is -3.00. The van der Waals surface area contributed by atoms with E-state index in [0.717, 1.165) is 42.5 Å². The third-order valence-corrected chi connectivity index (χ3v) is 5.99. The van der Waals surface area contributed by atoms with Gasteiger partial charge in [-0.25, -0.2) is 9.78 Å². The first-order chi connectivity index (χ1) is 13.6. The molecule has 2 aromatic heterocycles. The molecule has 0 atom stereocenters. The lowest BCUT2D eigenvalue weighted by atomic mass is 10.1. The van der Waals surface area contributed by atoms with E-state index in [1.54, 1.807) is 35.6 Å². The Bertz CT molecular complexity index is 1090. The number of thiophene rings is 1. The number of urea groups is 1. The largest absolute Gasteiger partial charge is 0.325 e. The number of carbonyl (C=O) groups excluding carboxylic acids is 2. The minimum Gasteiger partial charge on any atom is -0.308 e. The average molecular weight is 396 g/mol. The number of hydrogen-bond donors (Lipinski definition) is 2. The number of hydrogen-bond acceptors (Lipinski definition) is 5. The van der Waals surface area contributed by atoms with Crippen molar-refractivity contribution in [2.45, 2.75) is 38.6 Å². The van der Waals surface area contributed by atoms with Gasteiger partial charge in [0.05, 0.1) is 11.7 Å². The SMILES string of the molecule is O=C(Cn1cnc2sc3c(c2c1=O)CCCCC3)NC(=O)Nc1ccccc1. The minimum absolute atomic E-state index is 0.219. The summed E-state index contributed by atoms with van der Waals surface area (Å²) in [4.78, 5) is 43.5. The van der Waals surface area contributed by atoms with Crippen LogP contribution in [-0.2, 0) is 24.2 Å². The van der Waals surface area contributed by atoms with Crippen molar-refractivity contribution in [1.29, 1.82) is 0 Å². The molecule has 0 radical (unpaired) electrons. The Morgan fingerprint density at radius 2 is 1.89 bits per heavy atom. The molecular formula is C20H20N4O3S. The third kappa shape index (κ3) is 3.82. The van der Waals surface area contributed by atoms with Crippen LogP contribution in [0.5, 0.6) is 0 Å². The molecule has 1 aliphatic rings. The average Bonchev–Trinajstić information content (AvgIpc) is 2.87. The van der Waals surface area contributed by atoms with E-state index >= 15 is 0 Å². The first-order valence-electron chi connectivity index (χ1n) is 9.27. The van der Waals surface area contributed by atoms with Gasteiger partial charge >= 0.3 is 6.03 Å². The fourth-order valence-corrected chi connectivity index (χ4v) is 4.69. The van der Waals surface area contributed by atoms with Crippen molar-refractivity contribution in [3.63, 3.8) is 0 Å². The van der Waals surface area contributed by atoms with Gasteiger partial charge in [-0.15, -0.1) is 11.3 Å². The summed E-state index contributed by atoms with van der Waals surface area (Å²) >= 11 is 1.58. The van der Waals surface area contributed by atoms with Gasteiger partial charge in [-0.2, -0.15) is 0 Å². The summed E-state index contributed by atoms with van der Waals surface area (Å²) in [5.41, 5.74) is 1.45. The first kappa shape index (κ1) is 18.4. The van der Waals surface area contributed by atoms with Crippen LogP contribution in [0.2, 0.25) is 0 Å². The van der Waals surface area contributed by atoms with Gasteiger partial charge in [0.1, 0.15) is 11.4 Å². The number of anilines is 1. The van der Waals surface area contributed by atoms with Crippen LogP contribution in [0.3, 0.4) is 0 Å². The number of nitrogens with one attached hydrogen (secondary N) is 2. The van der Waals surface area contributed by atoms with Gasteiger partial charge in [0.15, 0.2) is 0 Å². The van der Waals surface area contributed by atoms with Gasteiger partial charge in [0, 0.05) is 10.6 Å². The summed E-state index contributed by atoms with van der Waals surface area (Å²) in [7, 11) is 0. The number of rotatable bonds is 3. The summed E-state index contributed by atoms with van der Waals surface area (Å²) in [6, 6.07) is 8.18. The maximum atomic E-state index is 12.9. The fourth-order valence-electron chi connectivity index (χ4n) is 3.48. The molecule has 0 bridgehead atoms. The maximum Gasteiger partial charge on any atom is 0.325 e. The molecule has 0 spiro atoms. The van der Waals surface area contributed by atoms with Gasteiger partial charge in [-0.05, 0) is 43.4 Å². The van der Waals surface area contributed by atoms with E-state index < -0.39 is 11.9 Å².